The highest BCUT2D eigenvalue weighted by atomic mass is 16.3. The molecule has 0 bridgehead atoms. The lowest BCUT2D eigenvalue weighted by Gasteiger charge is -2.15. The number of hydrogen-bond acceptors (Lipinski definition) is 1. The highest BCUT2D eigenvalue weighted by Gasteiger charge is 2.11. The van der Waals surface area contributed by atoms with Crippen LogP contribution in [-0.2, 0) is 0 Å². The summed E-state index contributed by atoms with van der Waals surface area (Å²) in [6.07, 6.45) is 2.18. The van der Waals surface area contributed by atoms with Crippen LogP contribution in [0.25, 0.3) is 0 Å². The Labute approximate surface area is 93.1 Å². The maximum atomic E-state index is 9.94. The van der Waals surface area contributed by atoms with Crippen molar-refractivity contribution in [1.29, 1.82) is 0 Å². The van der Waals surface area contributed by atoms with Crippen molar-refractivity contribution in [2.45, 2.75) is 52.4 Å². The van der Waals surface area contributed by atoms with Crippen LogP contribution in [0.3, 0.4) is 0 Å². The largest absolute Gasteiger partial charge is 0.508 e. The summed E-state index contributed by atoms with van der Waals surface area (Å²) >= 11 is 0. The minimum absolute atomic E-state index is 0.441. The lowest BCUT2D eigenvalue weighted by Crippen LogP contribution is -1.96. The van der Waals surface area contributed by atoms with E-state index in [9.17, 15) is 5.11 Å². The van der Waals surface area contributed by atoms with E-state index in [1.54, 1.807) is 0 Å². The number of hydrogen-bond donors (Lipinski definition) is 1. The molecule has 1 N–H and O–H groups in total. The summed E-state index contributed by atoms with van der Waals surface area (Å²) in [4.78, 5) is 0. The van der Waals surface area contributed by atoms with Crippen LogP contribution in [0.4, 0.5) is 0 Å². The Kier molecular flexibility index (Phi) is 4.19. The van der Waals surface area contributed by atoms with Crippen molar-refractivity contribution < 1.29 is 5.11 Å². The summed E-state index contributed by atoms with van der Waals surface area (Å²) in [5.74, 6) is 1.43. The molecule has 0 heterocycles. The summed E-state index contributed by atoms with van der Waals surface area (Å²) in [5, 5.41) is 9.94. The molecule has 2 unspecified atom stereocenters. The molecule has 0 spiro atoms. The van der Waals surface area contributed by atoms with Crippen LogP contribution in [0.15, 0.2) is 18.2 Å². The zero-order valence-electron chi connectivity index (χ0n) is 10.2. The predicted octanol–water partition coefficient (Wildman–Crippen LogP) is 4.42. The number of rotatable bonds is 4. The first-order chi connectivity index (χ1) is 7.10. The van der Waals surface area contributed by atoms with Gasteiger partial charge in [0.15, 0.2) is 0 Å². The van der Waals surface area contributed by atoms with E-state index in [2.05, 4.69) is 39.8 Å². The highest BCUT2D eigenvalue weighted by molar-refractivity contribution is 5.39. The SMILES string of the molecule is CCC(C)c1ccc(C(C)CC)c(O)c1. The summed E-state index contributed by atoms with van der Waals surface area (Å²) in [6, 6.07) is 6.15. The maximum Gasteiger partial charge on any atom is 0.119 e. The molecule has 0 aromatic heterocycles. The number of benzene rings is 1. The van der Waals surface area contributed by atoms with E-state index in [4.69, 9.17) is 0 Å². The van der Waals surface area contributed by atoms with Gasteiger partial charge >= 0.3 is 0 Å². The second kappa shape index (κ2) is 5.20. The molecule has 0 saturated heterocycles. The summed E-state index contributed by atoms with van der Waals surface area (Å²) < 4.78 is 0. The van der Waals surface area contributed by atoms with Crippen LogP contribution in [0.1, 0.15) is 63.5 Å². The van der Waals surface area contributed by atoms with Gasteiger partial charge in [0, 0.05) is 0 Å². The Morgan fingerprint density at radius 1 is 1.07 bits per heavy atom. The molecule has 0 aliphatic heterocycles. The highest BCUT2D eigenvalue weighted by Crippen LogP contribution is 2.31. The molecular weight excluding hydrogens is 184 g/mol. The van der Waals surface area contributed by atoms with E-state index < -0.39 is 0 Å². The zero-order chi connectivity index (χ0) is 11.4. The van der Waals surface area contributed by atoms with E-state index in [0.717, 1.165) is 18.4 Å². The summed E-state index contributed by atoms with van der Waals surface area (Å²) in [6.45, 7) is 8.66. The van der Waals surface area contributed by atoms with Crippen molar-refractivity contribution in [1.82, 2.24) is 0 Å². The molecule has 0 fully saturated rings. The van der Waals surface area contributed by atoms with E-state index in [1.807, 2.05) is 6.07 Å². The van der Waals surface area contributed by atoms with Crippen LogP contribution < -0.4 is 0 Å². The summed E-state index contributed by atoms with van der Waals surface area (Å²) in [7, 11) is 0. The molecule has 1 nitrogen and oxygen atoms in total. The van der Waals surface area contributed by atoms with Crippen LogP contribution in [0, 0.1) is 0 Å². The van der Waals surface area contributed by atoms with Crippen molar-refractivity contribution in [3.63, 3.8) is 0 Å². The molecule has 0 radical (unpaired) electrons. The quantitative estimate of drug-likeness (QED) is 0.773. The Hall–Kier alpha value is -0.980. The fourth-order valence-corrected chi connectivity index (χ4v) is 1.74. The van der Waals surface area contributed by atoms with Gasteiger partial charge in [-0.3, -0.25) is 0 Å². The predicted molar refractivity (Wildman–Crippen MR) is 65.5 cm³/mol. The standard InChI is InChI=1S/C14H22O/c1-5-10(3)12-7-8-13(11(4)6-2)14(15)9-12/h7-11,15H,5-6H2,1-4H3. The van der Waals surface area contributed by atoms with Gasteiger partial charge in [-0.15, -0.1) is 0 Å². The fraction of sp³-hybridized carbons (Fsp3) is 0.571. The molecular formula is C14H22O. The van der Waals surface area contributed by atoms with Crippen molar-refractivity contribution in [2.75, 3.05) is 0 Å². The lowest BCUT2D eigenvalue weighted by molar-refractivity contribution is 0.460. The molecule has 0 aliphatic carbocycles. The van der Waals surface area contributed by atoms with Crippen LogP contribution in [0.2, 0.25) is 0 Å². The third kappa shape index (κ3) is 2.74. The monoisotopic (exact) mass is 206 g/mol. The van der Waals surface area contributed by atoms with Gasteiger partial charge in [-0.25, -0.2) is 0 Å². The number of phenols is 1. The van der Waals surface area contributed by atoms with Crippen molar-refractivity contribution in [3.05, 3.63) is 29.3 Å². The van der Waals surface area contributed by atoms with Crippen LogP contribution in [0.5, 0.6) is 5.75 Å². The van der Waals surface area contributed by atoms with E-state index in [-0.39, 0.29) is 0 Å². The smallest absolute Gasteiger partial charge is 0.119 e. The number of phenolic OH excluding ortho intramolecular Hbond substituents is 1. The third-order valence-corrected chi connectivity index (χ3v) is 3.38. The Morgan fingerprint density at radius 3 is 2.13 bits per heavy atom. The molecule has 15 heavy (non-hydrogen) atoms. The Bertz CT molecular complexity index is 317. The molecule has 1 rings (SSSR count). The third-order valence-electron chi connectivity index (χ3n) is 3.38. The van der Waals surface area contributed by atoms with Gasteiger partial charge in [-0.05, 0) is 41.9 Å². The van der Waals surface area contributed by atoms with Gasteiger partial charge in [0.2, 0.25) is 0 Å². The normalized spacial score (nSPS) is 14.9. The average Bonchev–Trinajstić information content (AvgIpc) is 2.26. The van der Waals surface area contributed by atoms with Crippen molar-refractivity contribution in [2.24, 2.45) is 0 Å². The molecule has 0 saturated carbocycles. The topological polar surface area (TPSA) is 20.2 Å². The lowest BCUT2D eigenvalue weighted by atomic mass is 9.92. The Balaban J connectivity index is 2.97. The molecule has 0 aliphatic rings. The van der Waals surface area contributed by atoms with Crippen molar-refractivity contribution in [3.8, 4) is 5.75 Å². The molecule has 0 amide bonds. The minimum atomic E-state index is 0.441. The molecule has 1 aromatic rings. The van der Waals surface area contributed by atoms with Gasteiger partial charge in [0.1, 0.15) is 5.75 Å². The zero-order valence-corrected chi connectivity index (χ0v) is 10.2. The second-order valence-corrected chi connectivity index (χ2v) is 4.44. The van der Waals surface area contributed by atoms with Crippen molar-refractivity contribution >= 4 is 0 Å². The van der Waals surface area contributed by atoms with Gasteiger partial charge in [0.25, 0.3) is 0 Å². The molecule has 2 atom stereocenters. The summed E-state index contributed by atoms with van der Waals surface area (Å²) in [5.41, 5.74) is 2.31. The molecule has 1 aromatic carbocycles. The van der Waals surface area contributed by atoms with Gasteiger partial charge in [0.05, 0.1) is 0 Å². The van der Waals surface area contributed by atoms with E-state index in [1.165, 1.54) is 5.56 Å². The average molecular weight is 206 g/mol. The first kappa shape index (κ1) is 12.1. The molecule has 1 heteroatoms. The maximum absolute atomic E-state index is 9.94. The minimum Gasteiger partial charge on any atom is -0.508 e. The van der Waals surface area contributed by atoms with E-state index >= 15 is 0 Å². The first-order valence-electron chi connectivity index (χ1n) is 5.92. The van der Waals surface area contributed by atoms with Crippen LogP contribution in [-0.4, -0.2) is 5.11 Å². The Morgan fingerprint density at radius 2 is 1.67 bits per heavy atom. The molecule has 84 valence electrons. The first-order valence-corrected chi connectivity index (χ1v) is 5.92. The fourth-order valence-electron chi connectivity index (χ4n) is 1.74. The van der Waals surface area contributed by atoms with Gasteiger partial charge in [-0.1, -0.05) is 39.8 Å². The number of aromatic hydroxyl groups is 1. The van der Waals surface area contributed by atoms with Crippen LogP contribution >= 0.6 is 0 Å². The second-order valence-electron chi connectivity index (χ2n) is 4.44. The van der Waals surface area contributed by atoms with Gasteiger partial charge in [-0.2, -0.15) is 0 Å². The van der Waals surface area contributed by atoms with E-state index in [0.29, 0.717) is 17.6 Å². The van der Waals surface area contributed by atoms with Gasteiger partial charge < -0.3 is 5.11 Å².